The van der Waals surface area contributed by atoms with Gasteiger partial charge in [-0.3, -0.25) is 9.80 Å². The molecule has 1 unspecified atom stereocenters. The molecule has 1 aliphatic carbocycles. The summed E-state index contributed by atoms with van der Waals surface area (Å²) in [6.45, 7) is 5.17. The van der Waals surface area contributed by atoms with Crippen LogP contribution in [0.3, 0.4) is 0 Å². The summed E-state index contributed by atoms with van der Waals surface area (Å²) in [7, 11) is 0. The predicted molar refractivity (Wildman–Crippen MR) is 79.2 cm³/mol. The second-order valence-electron chi connectivity index (χ2n) is 5.90. The highest BCUT2D eigenvalue weighted by molar-refractivity contribution is 5.06. The Morgan fingerprint density at radius 2 is 1.95 bits per heavy atom. The molecule has 1 aromatic heterocycles. The van der Waals surface area contributed by atoms with Crippen molar-refractivity contribution in [3.63, 3.8) is 0 Å². The lowest BCUT2D eigenvalue weighted by molar-refractivity contribution is 0.0710. The second kappa shape index (κ2) is 6.61. The van der Waals surface area contributed by atoms with Crippen molar-refractivity contribution in [2.24, 2.45) is 5.73 Å². The van der Waals surface area contributed by atoms with Crippen LogP contribution in [0.25, 0.3) is 0 Å². The first-order valence-corrected chi connectivity index (χ1v) is 7.82. The fourth-order valence-corrected chi connectivity index (χ4v) is 3.64. The molecule has 1 saturated heterocycles. The molecule has 3 rings (SSSR count). The van der Waals surface area contributed by atoms with Crippen LogP contribution in [0.15, 0.2) is 18.6 Å². The molecular formula is C15H25N5. The summed E-state index contributed by atoms with van der Waals surface area (Å²) in [6.07, 6.45) is 9.04. The number of nitrogens with two attached hydrogens (primary N) is 1. The van der Waals surface area contributed by atoms with Crippen LogP contribution >= 0.6 is 0 Å². The predicted octanol–water partition coefficient (Wildman–Crippen LogP) is 1.04. The molecule has 1 aromatic rings. The summed E-state index contributed by atoms with van der Waals surface area (Å²) in [5.41, 5.74) is 7.03. The maximum Gasteiger partial charge on any atom is 0.115 e. The van der Waals surface area contributed by atoms with E-state index in [2.05, 4.69) is 19.8 Å². The number of hydrogen-bond acceptors (Lipinski definition) is 5. The van der Waals surface area contributed by atoms with Gasteiger partial charge in [0.15, 0.2) is 0 Å². The highest BCUT2D eigenvalue weighted by atomic mass is 15.3. The van der Waals surface area contributed by atoms with Gasteiger partial charge in [0, 0.05) is 45.0 Å². The zero-order valence-electron chi connectivity index (χ0n) is 12.1. The van der Waals surface area contributed by atoms with Gasteiger partial charge in [-0.1, -0.05) is 12.8 Å². The lowest BCUT2D eigenvalue weighted by Crippen LogP contribution is -2.51. The maximum atomic E-state index is 5.98. The van der Waals surface area contributed by atoms with Crippen LogP contribution in [0.1, 0.15) is 37.4 Å². The summed E-state index contributed by atoms with van der Waals surface area (Å²) in [6, 6.07) is 3.07. The Hall–Kier alpha value is -1.04. The quantitative estimate of drug-likeness (QED) is 0.889. The van der Waals surface area contributed by atoms with Crippen molar-refractivity contribution in [3.8, 4) is 0 Å². The van der Waals surface area contributed by atoms with E-state index in [1.165, 1.54) is 38.8 Å². The number of rotatable bonds is 4. The van der Waals surface area contributed by atoms with Crippen LogP contribution in [0.2, 0.25) is 0 Å². The molecule has 2 aliphatic rings. The Morgan fingerprint density at radius 1 is 1.20 bits per heavy atom. The van der Waals surface area contributed by atoms with E-state index in [-0.39, 0.29) is 6.04 Å². The summed E-state index contributed by atoms with van der Waals surface area (Å²) in [4.78, 5) is 13.5. The van der Waals surface area contributed by atoms with Gasteiger partial charge in [-0.25, -0.2) is 9.97 Å². The van der Waals surface area contributed by atoms with E-state index < -0.39 is 0 Å². The first-order valence-electron chi connectivity index (χ1n) is 7.82. The Bertz CT molecular complexity index is 396. The molecule has 110 valence electrons. The average Bonchev–Trinajstić information content (AvgIpc) is 3.04. The molecule has 2 fully saturated rings. The fourth-order valence-electron chi connectivity index (χ4n) is 3.64. The standard InChI is InChI=1S/C15H25N5/c16-11-15(14-5-6-17-12-18-14)20-9-7-19(8-10-20)13-3-1-2-4-13/h5-6,12-13,15H,1-4,7-11,16H2. The first kappa shape index (κ1) is 13.9. The largest absolute Gasteiger partial charge is 0.329 e. The lowest BCUT2D eigenvalue weighted by Gasteiger charge is -2.41. The van der Waals surface area contributed by atoms with Crippen LogP contribution in [0.4, 0.5) is 0 Å². The van der Waals surface area contributed by atoms with Crippen LogP contribution in [0, 0.1) is 0 Å². The van der Waals surface area contributed by atoms with E-state index in [0.717, 1.165) is 24.8 Å². The molecule has 2 heterocycles. The SMILES string of the molecule is NCC(c1ccncn1)N1CCN(C2CCCC2)CC1. The molecule has 1 atom stereocenters. The number of aromatic nitrogens is 2. The third-order valence-electron chi connectivity index (χ3n) is 4.80. The smallest absolute Gasteiger partial charge is 0.115 e. The van der Waals surface area contributed by atoms with Gasteiger partial charge in [0.05, 0.1) is 11.7 Å². The van der Waals surface area contributed by atoms with Crippen molar-refractivity contribution in [1.29, 1.82) is 0 Å². The van der Waals surface area contributed by atoms with E-state index in [0.29, 0.717) is 6.54 Å². The van der Waals surface area contributed by atoms with Gasteiger partial charge in [-0.15, -0.1) is 0 Å². The fraction of sp³-hybridized carbons (Fsp3) is 0.733. The molecule has 2 N–H and O–H groups in total. The Morgan fingerprint density at radius 3 is 2.55 bits per heavy atom. The average molecular weight is 275 g/mol. The normalized spacial score (nSPS) is 24.1. The molecule has 1 aliphatic heterocycles. The highest BCUT2D eigenvalue weighted by Gasteiger charge is 2.29. The molecule has 0 bridgehead atoms. The van der Waals surface area contributed by atoms with Crippen molar-refractivity contribution >= 4 is 0 Å². The summed E-state index contributed by atoms with van der Waals surface area (Å²) < 4.78 is 0. The molecule has 0 radical (unpaired) electrons. The van der Waals surface area contributed by atoms with Gasteiger partial charge in [-0.05, 0) is 18.9 Å². The molecule has 0 amide bonds. The van der Waals surface area contributed by atoms with Crippen LogP contribution in [0.5, 0.6) is 0 Å². The number of piperazine rings is 1. The molecule has 0 aromatic carbocycles. The van der Waals surface area contributed by atoms with Crippen molar-refractivity contribution in [3.05, 3.63) is 24.3 Å². The zero-order valence-corrected chi connectivity index (χ0v) is 12.1. The van der Waals surface area contributed by atoms with Gasteiger partial charge < -0.3 is 5.73 Å². The third kappa shape index (κ3) is 3.00. The summed E-state index contributed by atoms with van der Waals surface area (Å²) in [5, 5.41) is 0. The van der Waals surface area contributed by atoms with E-state index in [1.807, 2.05) is 6.07 Å². The van der Waals surface area contributed by atoms with Gasteiger partial charge in [-0.2, -0.15) is 0 Å². The van der Waals surface area contributed by atoms with Crippen molar-refractivity contribution < 1.29 is 0 Å². The lowest BCUT2D eigenvalue weighted by atomic mass is 10.1. The minimum absolute atomic E-state index is 0.240. The van der Waals surface area contributed by atoms with Gasteiger partial charge in [0.2, 0.25) is 0 Å². The van der Waals surface area contributed by atoms with Crippen LogP contribution in [-0.4, -0.2) is 58.5 Å². The second-order valence-corrected chi connectivity index (χ2v) is 5.90. The summed E-state index contributed by atoms with van der Waals surface area (Å²) in [5.74, 6) is 0. The minimum atomic E-state index is 0.240. The van der Waals surface area contributed by atoms with E-state index in [9.17, 15) is 0 Å². The monoisotopic (exact) mass is 275 g/mol. The Balaban J connectivity index is 1.59. The van der Waals surface area contributed by atoms with E-state index >= 15 is 0 Å². The topological polar surface area (TPSA) is 58.3 Å². The van der Waals surface area contributed by atoms with E-state index in [4.69, 9.17) is 5.73 Å². The third-order valence-corrected chi connectivity index (χ3v) is 4.80. The van der Waals surface area contributed by atoms with Crippen LogP contribution in [-0.2, 0) is 0 Å². The van der Waals surface area contributed by atoms with Gasteiger partial charge >= 0.3 is 0 Å². The van der Waals surface area contributed by atoms with Gasteiger partial charge in [0.25, 0.3) is 0 Å². The number of hydrogen-bond donors (Lipinski definition) is 1. The molecule has 5 nitrogen and oxygen atoms in total. The van der Waals surface area contributed by atoms with Crippen molar-refractivity contribution in [2.45, 2.75) is 37.8 Å². The molecule has 0 spiro atoms. The first-order chi connectivity index (χ1) is 9.88. The van der Waals surface area contributed by atoms with Crippen molar-refractivity contribution in [2.75, 3.05) is 32.7 Å². The van der Waals surface area contributed by atoms with E-state index in [1.54, 1.807) is 12.5 Å². The Kier molecular flexibility index (Phi) is 4.60. The molecule has 20 heavy (non-hydrogen) atoms. The van der Waals surface area contributed by atoms with Gasteiger partial charge in [0.1, 0.15) is 6.33 Å². The van der Waals surface area contributed by atoms with Crippen LogP contribution < -0.4 is 5.73 Å². The minimum Gasteiger partial charge on any atom is -0.329 e. The maximum absolute atomic E-state index is 5.98. The highest BCUT2D eigenvalue weighted by Crippen LogP contribution is 2.26. The molecule has 5 heteroatoms. The van der Waals surface area contributed by atoms with Crippen molar-refractivity contribution in [1.82, 2.24) is 19.8 Å². The number of nitrogens with zero attached hydrogens (tertiary/aromatic N) is 4. The molecule has 1 saturated carbocycles. The Labute approximate surface area is 121 Å². The molecular weight excluding hydrogens is 250 g/mol. The summed E-state index contributed by atoms with van der Waals surface area (Å²) >= 11 is 0. The zero-order chi connectivity index (χ0) is 13.8.